The number of pyridine rings is 1. The van der Waals surface area contributed by atoms with Gasteiger partial charge in [0.15, 0.2) is 5.82 Å². The summed E-state index contributed by atoms with van der Waals surface area (Å²) < 4.78 is 45.6. The van der Waals surface area contributed by atoms with E-state index < -0.39 is 11.7 Å². The van der Waals surface area contributed by atoms with Crippen molar-refractivity contribution in [2.75, 3.05) is 26.2 Å². The first-order valence-corrected chi connectivity index (χ1v) is 13.2. The molecular weight excluding hydrogens is 511 g/mol. The van der Waals surface area contributed by atoms with E-state index in [1.54, 1.807) is 13.1 Å². The minimum atomic E-state index is -4.47. The molecule has 0 aliphatic carbocycles. The summed E-state index contributed by atoms with van der Waals surface area (Å²) in [5.41, 5.74) is 1.28. The molecule has 1 aromatic carbocycles. The highest BCUT2D eigenvalue weighted by molar-refractivity contribution is 5.77. The second kappa shape index (κ2) is 12.5. The number of amides is 1. The zero-order chi connectivity index (χ0) is 28.0. The third-order valence-electron chi connectivity index (χ3n) is 6.69. The quantitative estimate of drug-likeness (QED) is 0.382. The van der Waals surface area contributed by atoms with Gasteiger partial charge in [-0.15, -0.1) is 10.2 Å². The maximum Gasteiger partial charge on any atom is 0.416 e. The average molecular weight is 546 g/mol. The van der Waals surface area contributed by atoms with Crippen molar-refractivity contribution in [2.24, 2.45) is 0 Å². The highest BCUT2D eigenvalue weighted by atomic mass is 19.4. The van der Waals surface area contributed by atoms with E-state index in [2.05, 4.69) is 32.2 Å². The van der Waals surface area contributed by atoms with Crippen molar-refractivity contribution in [2.45, 2.75) is 65.3 Å². The van der Waals surface area contributed by atoms with Crippen LogP contribution in [0, 0.1) is 6.92 Å². The van der Waals surface area contributed by atoms with E-state index in [4.69, 9.17) is 4.74 Å². The second-order valence-corrected chi connectivity index (χ2v) is 9.85. The molecule has 0 N–H and O–H groups in total. The van der Waals surface area contributed by atoms with Crippen LogP contribution in [0.5, 0.6) is 5.75 Å². The Morgan fingerprint density at radius 2 is 1.95 bits per heavy atom. The van der Waals surface area contributed by atoms with Crippen LogP contribution in [-0.4, -0.2) is 73.2 Å². The van der Waals surface area contributed by atoms with Crippen molar-refractivity contribution in [1.82, 2.24) is 35.0 Å². The van der Waals surface area contributed by atoms with Gasteiger partial charge in [-0.2, -0.15) is 18.0 Å². The van der Waals surface area contributed by atoms with E-state index in [1.807, 2.05) is 24.0 Å². The summed E-state index contributed by atoms with van der Waals surface area (Å²) >= 11 is 0. The van der Waals surface area contributed by atoms with Gasteiger partial charge in [0.1, 0.15) is 5.75 Å². The number of piperazine rings is 1. The number of halogens is 3. The van der Waals surface area contributed by atoms with Crippen molar-refractivity contribution in [1.29, 1.82) is 0 Å². The smallest absolute Gasteiger partial charge is 0.416 e. The van der Waals surface area contributed by atoms with Crippen molar-refractivity contribution in [3.63, 3.8) is 0 Å². The number of tetrazole rings is 1. The monoisotopic (exact) mass is 545 g/mol. The Morgan fingerprint density at radius 3 is 2.59 bits per heavy atom. The lowest BCUT2D eigenvalue weighted by Crippen LogP contribution is -2.53. The van der Waals surface area contributed by atoms with Crippen LogP contribution in [0.4, 0.5) is 13.2 Å². The Labute approximate surface area is 226 Å². The molecule has 0 saturated carbocycles. The van der Waals surface area contributed by atoms with Crippen LogP contribution in [0.2, 0.25) is 0 Å². The van der Waals surface area contributed by atoms with Crippen molar-refractivity contribution >= 4 is 5.91 Å². The number of rotatable bonds is 10. The molecule has 3 heterocycles. The fourth-order valence-corrected chi connectivity index (χ4v) is 4.71. The summed E-state index contributed by atoms with van der Waals surface area (Å²) in [6.07, 6.45) is -1.26. The van der Waals surface area contributed by atoms with E-state index in [-0.39, 0.29) is 24.9 Å². The van der Waals surface area contributed by atoms with Gasteiger partial charge in [-0.3, -0.25) is 14.7 Å². The number of carbonyl (C=O) groups excluding carboxylic acids is 1. The van der Waals surface area contributed by atoms with E-state index >= 15 is 0 Å². The van der Waals surface area contributed by atoms with Crippen LogP contribution < -0.4 is 4.74 Å². The second-order valence-electron chi connectivity index (χ2n) is 9.85. The van der Waals surface area contributed by atoms with Crippen LogP contribution in [0.25, 0.3) is 0 Å². The van der Waals surface area contributed by atoms with Crippen LogP contribution in [0.15, 0.2) is 36.5 Å². The number of benzene rings is 1. The van der Waals surface area contributed by atoms with Gasteiger partial charge in [0, 0.05) is 38.6 Å². The van der Waals surface area contributed by atoms with Gasteiger partial charge < -0.3 is 9.64 Å². The number of aryl methyl sites for hydroxylation is 2. The Morgan fingerprint density at radius 1 is 1.13 bits per heavy atom. The van der Waals surface area contributed by atoms with Gasteiger partial charge in [0.25, 0.3) is 0 Å². The largest absolute Gasteiger partial charge is 0.492 e. The lowest BCUT2D eigenvalue weighted by molar-refractivity contribution is -0.138. The molecule has 1 amide bonds. The zero-order valence-corrected chi connectivity index (χ0v) is 22.5. The van der Waals surface area contributed by atoms with Gasteiger partial charge in [0.05, 0.1) is 30.6 Å². The SMILES string of the molecule is CCCOc1ccc(CN2CCN(C(=O)CCc3ccc(C(F)(F)F)cc3Cn3nnc(C)n3)[C@H](C)C2)nc1. The first-order chi connectivity index (χ1) is 18.6. The number of carbonyl (C=O) groups is 1. The fraction of sp³-hybridized carbons (Fsp3) is 0.519. The summed E-state index contributed by atoms with van der Waals surface area (Å²) in [5, 5.41) is 11.8. The van der Waals surface area contributed by atoms with Crippen LogP contribution in [0.3, 0.4) is 0 Å². The Kier molecular flexibility index (Phi) is 9.16. The maximum absolute atomic E-state index is 13.3. The minimum absolute atomic E-state index is 0.00723. The van der Waals surface area contributed by atoms with Gasteiger partial charge in [-0.25, -0.2) is 0 Å². The normalized spacial score (nSPS) is 16.5. The van der Waals surface area contributed by atoms with E-state index in [0.717, 1.165) is 30.0 Å². The summed E-state index contributed by atoms with van der Waals surface area (Å²) in [6.45, 7) is 9.13. The van der Waals surface area contributed by atoms with E-state index in [9.17, 15) is 18.0 Å². The zero-order valence-electron chi connectivity index (χ0n) is 22.5. The number of aromatic nitrogens is 5. The molecule has 0 radical (unpaired) electrons. The molecule has 39 heavy (non-hydrogen) atoms. The number of nitrogens with zero attached hydrogens (tertiary/aromatic N) is 7. The highest BCUT2D eigenvalue weighted by Gasteiger charge is 2.31. The number of hydrogen-bond donors (Lipinski definition) is 0. The lowest BCUT2D eigenvalue weighted by atomic mass is 9.99. The topological polar surface area (TPSA) is 89.3 Å². The van der Waals surface area contributed by atoms with Crippen LogP contribution >= 0.6 is 0 Å². The fourth-order valence-electron chi connectivity index (χ4n) is 4.71. The summed E-state index contributed by atoms with van der Waals surface area (Å²) in [5.74, 6) is 1.17. The highest BCUT2D eigenvalue weighted by Crippen LogP contribution is 2.31. The van der Waals surface area contributed by atoms with E-state index in [0.29, 0.717) is 56.2 Å². The van der Waals surface area contributed by atoms with Gasteiger partial charge in [-0.1, -0.05) is 13.0 Å². The van der Waals surface area contributed by atoms with Crippen molar-refractivity contribution in [3.8, 4) is 5.75 Å². The average Bonchev–Trinajstić information content (AvgIpc) is 3.31. The number of alkyl halides is 3. The first kappa shape index (κ1) is 28.5. The van der Waals surface area contributed by atoms with Crippen LogP contribution in [0.1, 0.15) is 54.9 Å². The standard InChI is InChI=1S/C27H34F3N7O2/c1-4-13-39-25-9-8-24(31-15-25)18-35-11-12-36(19(2)16-35)26(38)10-6-21-5-7-23(27(28,29)30)14-22(21)17-37-33-20(3)32-34-37/h5,7-9,14-15,19H,4,6,10-13,16-18H2,1-3H3/t19-/m1/s1. The molecule has 12 heteroatoms. The molecule has 1 atom stereocenters. The van der Waals surface area contributed by atoms with Gasteiger partial charge in [-0.05, 0) is 67.3 Å². The number of ether oxygens (including phenoxy) is 1. The number of hydrogen-bond acceptors (Lipinski definition) is 7. The summed E-state index contributed by atoms with van der Waals surface area (Å²) in [6, 6.07) is 7.51. The molecule has 1 aliphatic heterocycles. The van der Waals surface area contributed by atoms with Crippen LogP contribution in [-0.2, 0) is 30.5 Å². The van der Waals surface area contributed by atoms with Crippen molar-refractivity contribution in [3.05, 3.63) is 64.7 Å². The lowest BCUT2D eigenvalue weighted by Gasteiger charge is -2.40. The summed E-state index contributed by atoms with van der Waals surface area (Å²) in [4.78, 5) is 23.0. The summed E-state index contributed by atoms with van der Waals surface area (Å²) in [7, 11) is 0. The Balaban J connectivity index is 1.34. The van der Waals surface area contributed by atoms with Gasteiger partial charge >= 0.3 is 6.18 Å². The van der Waals surface area contributed by atoms with Crippen molar-refractivity contribution < 1.29 is 22.7 Å². The molecule has 1 saturated heterocycles. The molecule has 4 rings (SSSR count). The first-order valence-electron chi connectivity index (χ1n) is 13.2. The molecule has 1 fully saturated rings. The third-order valence-corrected chi connectivity index (χ3v) is 6.69. The predicted molar refractivity (Wildman–Crippen MR) is 138 cm³/mol. The molecule has 9 nitrogen and oxygen atoms in total. The maximum atomic E-state index is 13.3. The molecule has 0 bridgehead atoms. The third kappa shape index (κ3) is 7.75. The Bertz CT molecular complexity index is 1250. The molecule has 210 valence electrons. The molecule has 3 aromatic rings. The van der Waals surface area contributed by atoms with Gasteiger partial charge in [0.2, 0.25) is 5.91 Å². The molecule has 1 aliphatic rings. The predicted octanol–water partition coefficient (Wildman–Crippen LogP) is 3.90. The Hall–Kier alpha value is -3.54. The minimum Gasteiger partial charge on any atom is -0.492 e. The molecule has 0 spiro atoms. The molecule has 2 aromatic heterocycles. The van der Waals surface area contributed by atoms with E-state index in [1.165, 1.54) is 10.9 Å². The molecular formula is C27H34F3N7O2. The molecule has 0 unspecified atom stereocenters.